The molecule has 0 aliphatic rings. The Hall–Kier alpha value is -1.43. The zero-order valence-corrected chi connectivity index (χ0v) is 11.9. The van der Waals surface area contributed by atoms with E-state index in [1.807, 2.05) is 30.3 Å². The molecule has 0 heterocycles. The molecule has 0 amide bonds. The maximum Gasteiger partial charge on any atom is 0.305 e. The summed E-state index contributed by atoms with van der Waals surface area (Å²) in [5.41, 5.74) is 7.04. The quantitative estimate of drug-likeness (QED) is 0.522. The van der Waals surface area contributed by atoms with Crippen LogP contribution in [0.25, 0.3) is 0 Å². The lowest BCUT2D eigenvalue weighted by Gasteiger charge is -2.11. The van der Waals surface area contributed by atoms with Crippen LogP contribution in [0.15, 0.2) is 30.3 Å². The summed E-state index contributed by atoms with van der Waals surface area (Å²) in [5, 5.41) is 0. The second-order valence-electron chi connectivity index (χ2n) is 4.38. The van der Waals surface area contributed by atoms with Gasteiger partial charge in [-0.25, -0.2) is 0 Å². The molecule has 1 aromatic carbocycles. The van der Waals surface area contributed by atoms with Crippen LogP contribution in [0.1, 0.15) is 24.4 Å². The predicted molar refractivity (Wildman–Crippen MR) is 76.3 cm³/mol. The number of esters is 1. The van der Waals surface area contributed by atoms with Crippen molar-refractivity contribution in [2.24, 2.45) is 5.73 Å². The first kappa shape index (κ1) is 16.6. The molecule has 1 unspecified atom stereocenters. The monoisotopic (exact) mass is 281 g/mol. The summed E-state index contributed by atoms with van der Waals surface area (Å²) in [7, 11) is 1.61. The fourth-order valence-corrected chi connectivity index (χ4v) is 1.67. The summed E-state index contributed by atoms with van der Waals surface area (Å²) in [6.45, 7) is 1.70. The van der Waals surface area contributed by atoms with Gasteiger partial charge in [0.15, 0.2) is 0 Å². The molecule has 0 saturated heterocycles. The highest BCUT2D eigenvalue weighted by molar-refractivity contribution is 5.69. The number of benzene rings is 1. The summed E-state index contributed by atoms with van der Waals surface area (Å²) in [5.74, 6) is -0.244. The number of methoxy groups -OCH3 is 1. The number of hydrogen-bond acceptors (Lipinski definition) is 5. The average molecular weight is 281 g/mol. The van der Waals surface area contributed by atoms with E-state index >= 15 is 0 Å². The molecule has 0 aliphatic heterocycles. The van der Waals surface area contributed by atoms with Crippen LogP contribution in [0, 0.1) is 0 Å². The van der Waals surface area contributed by atoms with Crippen LogP contribution in [0.2, 0.25) is 0 Å². The Kier molecular flexibility index (Phi) is 8.62. The summed E-state index contributed by atoms with van der Waals surface area (Å²) in [4.78, 5) is 11.5. The Morgan fingerprint density at radius 1 is 1.15 bits per heavy atom. The van der Waals surface area contributed by atoms with Crippen LogP contribution < -0.4 is 5.73 Å². The highest BCUT2D eigenvalue weighted by Crippen LogP contribution is 2.15. The molecule has 1 aromatic rings. The molecule has 5 heteroatoms. The zero-order valence-electron chi connectivity index (χ0n) is 11.9. The van der Waals surface area contributed by atoms with Crippen LogP contribution in [0.4, 0.5) is 0 Å². The van der Waals surface area contributed by atoms with E-state index < -0.39 is 0 Å². The number of rotatable bonds is 10. The SMILES string of the molecule is COCCOCCOC(=O)CCC(N)c1ccccc1. The van der Waals surface area contributed by atoms with E-state index in [1.54, 1.807) is 7.11 Å². The molecule has 0 saturated carbocycles. The number of hydrogen-bond donors (Lipinski definition) is 1. The van der Waals surface area contributed by atoms with Crippen molar-refractivity contribution in [3.63, 3.8) is 0 Å². The molecule has 2 N–H and O–H groups in total. The van der Waals surface area contributed by atoms with E-state index in [9.17, 15) is 4.79 Å². The van der Waals surface area contributed by atoms with Gasteiger partial charge in [-0.15, -0.1) is 0 Å². The number of ether oxygens (including phenoxy) is 3. The van der Waals surface area contributed by atoms with Gasteiger partial charge in [-0.2, -0.15) is 0 Å². The van der Waals surface area contributed by atoms with Crippen molar-refractivity contribution in [1.82, 2.24) is 0 Å². The molecular formula is C15H23NO4. The minimum atomic E-state index is -0.244. The third-order valence-electron chi connectivity index (χ3n) is 2.81. The van der Waals surface area contributed by atoms with Gasteiger partial charge >= 0.3 is 5.97 Å². The van der Waals surface area contributed by atoms with Crippen LogP contribution in [-0.4, -0.2) is 39.5 Å². The van der Waals surface area contributed by atoms with Crippen molar-refractivity contribution in [2.75, 3.05) is 33.5 Å². The van der Waals surface area contributed by atoms with Gasteiger partial charge in [0.1, 0.15) is 6.61 Å². The molecule has 0 fully saturated rings. The van der Waals surface area contributed by atoms with Gasteiger partial charge in [-0.1, -0.05) is 30.3 Å². The van der Waals surface area contributed by atoms with Crippen molar-refractivity contribution in [3.8, 4) is 0 Å². The fourth-order valence-electron chi connectivity index (χ4n) is 1.67. The Bertz CT molecular complexity index is 369. The summed E-state index contributed by atoms with van der Waals surface area (Å²) in [6.07, 6.45) is 0.890. The van der Waals surface area contributed by atoms with Gasteiger partial charge in [0, 0.05) is 19.6 Å². The van der Waals surface area contributed by atoms with Gasteiger partial charge in [-0.05, 0) is 12.0 Å². The molecule has 112 valence electrons. The van der Waals surface area contributed by atoms with E-state index in [0.717, 1.165) is 5.56 Å². The molecule has 5 nitrogen and oxygen atoms in total. The minimum Gasteiger partial charge on any atom is -0.463 e. The lowest BCUT2D eigenvalue weighted by Crippen LogP contribution is -2.15. The van der Waals surface area contributed by atoms with Crippen LogP contribution >= 0.6 is 0 Å². The van der Waals surface area contributed by atoms with E-state index in [-0.39, 0.29) is 18.6 Å². The maximum absolute atomic E-state index is 11.5. The third-order valence-corrected chi connectivity index (χ3v) is 2.81. The second kappa shape index (κ2) is 10.4. The molecular weight excluding hydrogens is 258 g/mol. The Labute approximate surface area is 120 Å². The van der Waals surface area contributed by atoms with Gasteiger partial charge in [0.05, 0.1) is 19.8 Å². The number of carbonyl (C=O) groups is 1. The third kappa shape index (κ3) is 7.23. The van der Waals surface area contributed by atoms with E-state index in [4.69, 9.17) is 19.9 Å². The topological polar surface area (TPSA) is 70.8 Å². The van der Waals surface area contributed by atoms with E-state index in [0.29, 0.717) is 32.7 Å². The van der Waals surface area contributed by atoms with Gasteiger partial charge in [-0.3, -0.25) is 4.79 Å². The highest BCUT2D eigenvalue weighted by Gasteiger charge is 2.09. The van der Waals surface area contributed by atoms with Crippen molar-refractivity contribution in [3.05, 3.63) is 35.9 Å². The second-order valence-corrected chi connectivity index (χ2v) is 4.38. The van der Waals surface area contributed by atoms with Gasteiger partial charge in [0.25, 0.3) is 0 Å². The van der Waals surface area contributed by atoms with Crippen molar-refractivity contribution in [2.45, 2.75) is 18.9 Å². The van der Waals surface area contributed by atoms with Gasteiger partial charge < -0.3 is 19.9 Å². The smallest absolute Gasteiger partial charge is 0.305 e. The van der Waals surface area contributed by atoms with E-state index in [2.05, 4.69) is 0 Å². The first-order chi connectivity index (χ1) is 9.74. The summed E-state index contributed by atoms with van der Waals surface area (Å²) >= 11 is 0. The fraction of sp³-hybridized carbons (Fsp3) is 0.533. The first-order valence-electron chi connectivity index (χ1n) is 6.77. The Balaban J connectivity index is 2.08. The molecule has 0 spiro atoms. The average Bonchev–Trinajstić information content (AvgIpc) is 2.49. The zero-order chi connectivity index (χ0) is 14.6. The van der Waals surface area contributed by atoms with Gasteiger partial charge in [0.2, 0.25) is 0 Å². The number of nitrogens with two attached hydrogens (primary N) is 1. The van der Waals surface area contributed by atoms with Crippen molar-refractivity contribution < 1.29 is 19.0 Å². The normalized spacial score (nSPS) is 12.1. The van der Waals surface area contributed by atoms with Crippen LogP contribution in [0.5, 0.6) is 0 Å². The predicted octanol–water partition coefficient (Wildman–Crippen LogP) is 1.67. The highest BCUT2D eigenvalue weighted by atomic mass is 16.6. The van der Waals surface area contributed by atoms with Crippen molar-refractivity contribution >= 4 is 5.97 Å². The Morgan fingerprint density at radius 3 is 2.55 bits per heavy atom. The molecule has 0 bridgehead atoms. The lowest BCUT2D eigenvalue weighted by molar-refractivity contribution is -0.145. The minimum absolute atomic E-state index is 0.137. The van der Waals surface area contributed by atoms with Crippen LogP contribution in [-0.2, 0) is 19.0 Å². The number of carbonyl (C=O) groups excluding carboxylic acids is 1. The molecule has 0 aliphatic carbocycles. The largest absolute Gasteiger partial charge is 0.463 e. The molecule has 20 heavy (non-hydrogen) atoms. The van der Waals surface area contributed by atoms with Crippen molar-refractivity contribution in [1.29, 1.82) is 0 Å². The first-order valence-corrected chi connectivity index (χ1v) is 6.77. The molecule has 1 rings (SSSR count). The molecule has 1 atom stereocenters. The Morgan fingerprint density at radius 2 is 1.85 bits per heavy atom. The van der Waals surface area contributed by atoms with Crippen LogP contribution in [0.3, 0.4) is 0 Å². The summed E-state index contributed by atoms with van der Waals surface area (Å²) in [6, 6.07) is 9.59. The standard InChI is InChI=1S/C15H23NO4/c1-18-9-10-19-11-12-20-15(17)8-7-14(16)13-5-3-2-4-6-13/h2-6,14H,7-12,16H2,1H3. The molecule has 0 radical (unpaired) electrons. The molecule has 0 aromatic heterocycles. The maximum atomic E-state index is 11.5. The van der Waals surface area contributed by atoms with E-state index in [1.165, 1.54) is 0 Å². The lowest BCUT2D eigenvalue weighted by atomic mass is 10.0. The summed E-state index contributed by atoms with van der Waals surface area (Å²) < 4.78 is 15.1.